The Morgan fingerprint density at radius 2 is 2.29 bits per heavy atom. The molecule has 1 fully saturated rings. The van der Waals surface area contributed by atoms with E-state index in [0.29, 0.717) is 19.4 Å². The molecule has 0 bridgehead atoms. The van der Waals surface area contributed by atoms with Gasteiger partial charge in [-0.2, -0.15) is 0 Å². The summed E-state index contributed by atoms with van der Waals surface area (Å²) in [7, 11) is 0. The molecule has 2 heterocycles. The number of Topliss-reactive ketones (excluding diaryl/α,β-unsaturated/α-hetero) is 1. The normalized spacial score (nSPS) is 19.8. The van der Waals surface area contributed by atoms with Crippen molar-refractivity contribution in [1.29, 1.82) is 0 Å². The van der Waals surface area contributed by atoms with Crippen molar-refractivity contribution >= 4 is 17.6 Å². The van der Waals surface area contributed by atoms with Crippen molar-refractivity contribution in [2.75, 3.05) is 6.54 Å². The van der Waals surface area contributed by atoms with Crippen LogP contribution in [-0.2, 0) is 4.79 Å². The van der Waals surface area contributed by atoms with Crippen molar-refractivity contribution in [3.05, 3.63) is 28.0 Å². The lowest BCUT2D eigenvalue weighted by Crippen LogP contribution is -2.40. The molecule has 1 unspecified atom stereocenters. The van der Waals surface area contributed by atoms with Gasteiger partial charge in [0.1, 0.15) is 10.8 Å². The predicted octanol–water partition coefficient (Wildman–Crippen LogP) is 0.897. The highest BCUT2D eigenvalue weighted by Crippen LogP contribution is 2.22. The number of carbonyl (C=O) groups is 2. The van der Waals surface area contributed by atoms with Gasteiger partial charge in [-0.15, -0.1) is 0 Å². The van der Waals surface area contributed by atoms with Crippen LogP contribution in [0.5, 0.6) is 0 Å². The number of nitrogens with zero attached hydrogens (tertiary/aromatic N) is 1. The van der Waals surface area contributed by atoms with Gasteiger partial charge in [0.15, 0.2) is 5.76 Å². The predicted molar refractivity (Wildman–Crippen MR) is 55.4 cm³/mol. The van der Waals surface area contributed by atoms with Gasteiger partial charge in [-0.3, -0.25) is 19.7 Å². The maximum absolute atomic E-state index is 11.9. The van der Waals surface area contributed by atoms with E-state index in [0.717, 1.165) is 6.07 Å². The average Bonchev–Trinajstić information content (AvgIpc) is 2.78. The lowest BCUT2D eigenvalue weighted by Gasteiger charge is -2.19. The van der Waals surface area contributed by atoms with Crippen LogP contribution in [-0.4, -0.2) is 23.2 Å². The third kappa shape index (κ3) is 2.17. The van der Waals surface area contributed by atoms with E-state index in [9.17, 15) is 19.7 Å². The first-order valence-corrected chi connectivity index (χ1v) is 5.16. The maximum Gasteiger partial charge on any atom is 0.433 e. The first-order chi connectivity index (χ1) is 8.09. The molecule has 0 saturated carbocycles. The minimum absolute atomic E-state index is 0.140. The molecule has 0 aliphatic carbocycles. The van der Waals surface area contributed by atoms with Gasteiger partial charge in [0.25, 0.3) is 0 Å². The number of amides is 1. The molecule has 1 N–H and O–H groups in total. The highest BCUT2D eigenvalue weighted by Gasteiger charge is 2.32. The van der Waals surface area contributed by atoms with Gasteiger partial charge in [-0.05, 0) is 18.9 Å². The summed E-state index contributed by atoms with van der Waals surface area (Å²) in [4.78, 5) is 33.0. The molecule has 7 heteroatoms. The Morgan fingerprint density at radius 1 is 1.53 bits per heavy atom. The number of piperidine rings is 1. The molecule has 1 aromatic rings. The molecule has 1 aliphatic rings. The molecule has 90 valence electrons. The smallest absolute Gasteiger partial charge is 0.397 e. The molecular weight excluding hydrogens is 228 g/mol. The van der Waals surface area contributed by atoms with Gasteiger partial charge < -0.3 is 9.73 Å². The zero-order chi connectivity index (χ0) is 12.4. The van der Waals surface area contributed by atoms with Crippen LogP contribution in [0.25, 0.3) is 0 Å². The summed E-state index contributed by atoms with van der Waals surface area (Å²) in [6.07, 6.45) is 1.16. The largest absolute Gasteiger partial charge is 0.433 e. The lowest BCUT2D eigenvalue weighted by molar-refractivity contribution is -0.402. The Kier molecular flexibility index (Phi) is 2.90. The van der Waals surface area contributed by atoms with Crippen LogP contribution >= 0.6 is 0 Å². The molecule has 0 radical (unpaired) electrons. The number of ketones is 1. The van der Waals surface area contributed by atoms with Gasteiger partial charge in [0.05, 0.1) is 6.07 Å². The number of carbonyl (C=O) groups excluding carboxylic acids is 2. The lowest BCUT2D eigenvalue weighted by atomic mass is 9.93. The third-order valence-electron chi connectivity index (χ3n) is 2.62. The van der Waals surface area contributed by atoms with Crippen LogP contribution in [0.1, 0.15) is 23.4 Å². The fourth-order valence-electron chi connectivity index (χ4n) is 1.75. The highest BCUT2D eigenvalue weighted by molar-refractivity contribution is 6.09. The summed E-state index contributed by atoms with van der Waals surface area (Å²) >= 11 is 0. The average molecular weight is 238 g/mol. The fourth-order valence-corrected chi connectivity index (χ4v) is 1.75. The molecule has 1 aromatic heterocycles. The molecule has 1 saturated heterocycles. The Hall–Kier alpha value is -2.18. The summed E-state index contributed by atoms with van der Waals surface area (Å²) in [5, 5.41) is 13.0. The molecule has 2 rings (SSSR count). The van der Waals surface area contributed by atoms with Crippen molar-refractivity contribution in [3.8, 4) is 0 Å². The second-order valence-corrected chi connectivity index (χ2v) is 3.75. The van der Waals surface area contributed by atoms with Crippen molar-refractivity contribution < 1.29 is 18.9 Å². The molecular formula is C10H10N2O5. The van der Waals surface area contributed by atoms with E-state index in [1.165, 1.54) is 6.07 Å². The zero-order valence-electron chi connectivity index (χ0n) is 8.84. The Balaban J connectivity index is 2.18. The summed E-state index contributed by atoms with van der Waals surface area (Å²) < 4.78 is 4.78. The zero-order valence-corrected chi connectivity index (χ0v) is 8.84. The van der Waals surface area contributed by atoms with Gasteiger partial charge in [0.2, 0.25) is 11.7 Å². The summed E-state index contributed by atoms with van der Waals surface area (Å²) in [5.74, 6) is -2.28. The third-order valence-corrected chi connectivity index (χ3v) is 2.62. The monoisotopic (exact) mass is 238 g/mol. The van der Waals surface area contributed by atoms with E-state index in [-0.39, 0.29) is 11.7 Å². The number of hydrogen-bond acceptors (Lipinski definition) is 5. The summed E-state index contributed by atoms with van der Waals surface area (Å²) in [5.41, 5.74) is 0. The van der Waals surface area contributed by atoms with Crippen LogP contribution in [0.15, 0.2) is 16.5 Å². The van der Waals surface area contributed by atoms with Crippen LogP contribution in [0.4, 0.5) is 5.88 Å². The topological polar surface area (TPSA) is 102 Å². The minimum atomic E-state index is -0.797. The summed E-state index contributed by atoms with van der Waals surface area (Å²) in [6.45, 7) is 0.556. The number of furan rings is 1. The number of nitro groups is 1. The molecule has 1 atom stereocenters. The van der Waals surface area contributed by atoms with Gasteiger partial charge in [-0.1, -0.05) is 0 Å². The Morgan fingerprint density at radius 3 is 2.88 bits per heavy atom. The van der Waals surface area contributed by atoms with E-state index in [4.69, 9.17) is 4.42 Å². The SMILES string of the molecule is O=C1NCCCC1C(=O)c1ccc([N+](=O)[O-])o1. The van der Waals surface area contributed by atoms with Crippen LogP contribution in [0, 0.1) is 16.0 Å². The second-order valence-electron chi connectivity index (χ2n) is 3.75. The van der Waals surface area contributed by atoms with Crippen molar-refractivity contribution in [1.82, 2.24) is 5.32 Å². The van der Waals surface area contributed by atoms with Gasteiger partial charge >= 0.3 is 5.88 Å². The molecule has 0 spiro atoms. The highest BCUT2D eigenvalue weighted by atomic mass is 16.6. The molecule has 7 nitrogen and oxygen atoms in total. The fraction of sp³-hybridized carbons (Fsp3) is 0.400. The number of rotatable bonds is 3. The number of nitrogens with one attached hydrogen (secondary N) is 1. The van der Waals surface area contributed by atoms with Gasteiger partial charge in [-0.25, -0.2) is 0 Å². The molecule has 17 heavy (non-hydrogen) atoms. The minimum Gasteiger partial charge on any atom is -0.397 e. The van der Waals surface area contributed by atoms with E-state index in [1.54, 1.807) is 0 Å². The Labute approximate surface area is 95.9 Å². The van der Waals surface area contributed by atoms with E-state index in [2.05, 4.69) is 5.32 Å². The van der Waals surface area contributed by atoms with E-state index in [1.807, 2.05) is 0 Å². The van der Waals surface area contributed by atoms with Crippen LogP contribution in [0.3, 0.4) is 0 Å². The quantitative estimate of drug-likeness (QED) is 0.364. The van der Waals surface area contributed by atoms with Crippen molar-refractivity contribution in [3.63, 3.8) is 0 Å². The van der Waals surface area contributed by atoms with Crippen LogP contribution < -0.4 is 5.32 Å². The standard InChI is InChI=1S/C10H10N2O5/c13-9(6-2-1-5-11-10(6)14)7-3-4-8(17-7)12(15)16/h3-4,6H,1-2,5H2,(H,11,14). The first kappa shape index (κ1) is 11.3. The van der Waals surface area contributed by atoms with Crippen molar-refractivity contribution in [2.45, 2.75) is 12.8 Å². The molecule has 0 aromatic carbocycles. The maximum atomic E-state index is 11.9. The molecule has 1 amide bonds. The Bertz CT molecular complexity index is 479. The van der Waals surface area contributed by atoms with E-state index < -0.39 is 22.5 Å². The van der Waals surface area contributed by atoms with Crippen molar-refractivity contribution in [2.24, 2.45) is 5.92 Å². The first-order valence-electron chi connectivity index (χ1n) is 5.16. The van der Waals surface area contributed by atoms with E-state index >= 15 is 0 Å². The molecule has 1 aliphatic heterocycles. The van der Waals surface area contributed by atoms with Crippen LogP contribution in [0.2, 0.25) is 0 Å². The number of hydrogen-bond donors (Lipinski definition) is 1. The van der Waals surface area contributed by atoms with Gasteiger partial charge in [0, 0.05) is 6.54 Å². The second kappa shape index (κ2) is 4.36. The summed E-state index contributed by atoms with van der Waals surface area (Å²) in [6, 6.07) is 2.33.